The van der Waals surface area contributed by atoms with Gasteiger partial charge in [0.2, 0.25) is 5.91 Å². The Kier molecular flexibility index (Phi) is 6.32. The van der Waals surface area contributed by atoms with Crippen molar-refractivity contribution in [2.45, 2.75) is 19.1 Å². The molecule has 0 bridgehead atoms. The first-order valence-electron chi connectivity index (χ1n) is 7.42. The first kappa shape index (κ1) is 16.7. The zero-order valence-electron chi connectivity index (χ0n) is 12.8. The number of hydrogen-bond acceptors (Lipinski definition) is 4. The highest BCUT2D eigenvalue weighted by atomic mass is 16.5. The SMILES string of the molecule is N[C@H](Cc1ccccc1)C(=O)NCC(=O)OCc1ccccc1. The molecule has 0 aliphatic rings. The number of carbonyl (C=O) groups is 2. The van der Waals surface area contributed by atoms with Crippen LogP contribution in [0.25, 0.3) is 0 Å². The number of nitrogens with two attached hydrogens (primary N) is 1. The highest BCUT2D eigenvalue weighted by Crippen LogP contribution is 2.02. The van der Waals surface area contributed by atoms with Gasteiger partial charge in [0, 0.05) is 0 Å². The number of ether oxygens (including phenoxy) is 1. The van der Waals surface area contributed by atoms with Crippen molar-refractivity contribution in [3.8, 4) is 0 Å². The first-order valence-corrected chi connectivity index (χ1v) is 7.42. The van der Waals surface area contributed by atoms with Crippen LogP contribution in [0, 0.1) is 0 Å². The number of amides is 1. The summed E-state index contributed by atoms with van der Waals surface area (Å²) in [6.07, 6.45) is 0.422. The van der Waals surface area contributed by atoms with Crippen molar-refractivity contribution in [1.82, 2.24) is 5.32 Å². The molecule has 0 heterocycles. The van der Waals surface area contributed by atoms with Gasteiger partial charge in [0.15, 0.2) is 0 Å². The van der Waals surface area contributed by atoms with Gasteiger partial charge < -0.3 is 15.8 Å². The zero-order chi connectivity index (χ0) is 16.5. The molecule has 5 nitrogen and oxygen atoms in total. The van der Waals surface area contributed by atoms with Crippen LogP contribution >= 0.6 is 0 Å². The third kappa shape index (κ3) is 5.92. The molecule has 0 radical (unpaired) electrons. The molecule has 23 heavy (non-hydrogen) atoms. The van der Waals surface area contributed by atoms with Gasteiger partial charge in [0.25, 0.3) is 0 Å². The van der Waals surface area contributed by atoms with Gasteiger partial charge in [-0.15, -0.1) is 0 Å². The van der Waals surface area contributed by atoms with Gasteiger partial charge in [0.05, 0.1) is 6.04 Å². The second-order valence-corrected chi connectivity index (χ2v) is 5.16. The number of benzene rings is 2. The molecule has 0 aromatic heterocycles. The standard InChI is InChI=1S/C18H20N2O3/c19-16(11-14-7-3-1-4-8-14)18(22)20-12-17(21)23-13-15-9-5-2-6-10-15/h1-10,16H,11-13,19H2,(H,20,22)/t16-/m1/s1. The summed E-state index contributed by atoms with van der Waals surface area (Å²) >= 11 is 0. The lowest BCUT2D eigenvalue weighted by atomic mass is 10.1. The van der Waals surface area contributed by atoms with E-state index < -0.39 is 12.0 Å². The molecule has 0 aliphatic heterocycles. The average molecular weight is 312 g/mol. The van der Waals surface area contributed by atoms with Gasteiger partial charge in [-0.05, 0) is 17.5 Å². The summed E-state index contributed by atoms with van der Waals surface area (Å²) in [5, 5.41) is 2.50. The Hall–Kier alpha value is -2.66. The molecule has 0 aliphatic carbocycles. The largest absolute Gasteiger partial charge is 0.460 e. The third-order valence-electron chi connectivity index (χ3n) is 3.28. The van der Waals surface area contributed by atoms with Gasteiger partial charge in [0.1, 0.15) is 13.2 Å². The molecule has 120 valence electrons. The van der Waals surface area contributed by atoms with Crippen LogP contribution in [0.4, 0.5) is 0 Å². The third-order valence-corrected chi connectivity index (χ3v) is 3.28. The quantitative estimate of drug-likeness (QED) is 0.758. The Balaban J connectivity index is 1.70. The van der Waals surface area contributed by atoms with Gasteiger partial charge in [-0.3, -0.25) is 9.59 Å². The molecule has 1 amide bonds. The van der Waals surface area contributed by atoms with E-state index in [0.29, 0.717) is 6.42 Å². The van der Waals surface area contributed by atoms with Crippen molar-refractivity contribution >= 4 is 11.9 Å². The molecule has 0 fully saturated rings. The molecule has 1 atom stereocenters. The summed E-state index contributed by atoms with van der Waals surface area (Å²) in [4.78, 5) is 23.5. The van der Waals surface area contributed by atoms with Gasteiger partial charge in [-0.2, -0.15) is 0 Å². The smallest absolute Gasteiger partial charge is 0.325 e. The molecule has 5 heteroatoms. The van der Waals surface area contributed by atoms with Crippen LogP contribution in [0.1, 0.15) is 11.1 Å². The molecule has 2 rings (SSSR count). The minimum Gasteiger partial charge on any atom is -0.460 e. The summed E-state index contributed by atoms with van der Waals surface area (Å²) in [6, 6.07) is 18.1. The van der Waals surface area contributed by atoms with E-state index in [0.717, 1.165) is 11.1 Å². The molecular weight excluding hydrogens is 292 g/mol. The second kappa shape index (κ2) is 8.70. The monoisotopic (exact) mass is 312 g/mol. The molecule has 0 saturated heterocycles. The minimum atomic E-state index is -0.695. The maximum Gasteiger partial charge on any atom is 0.325 e. The Morgan fingerprint density at radius 3 is 2.13 bits per heavy atom. The van der Waals surface area contributed by atoms with Crippen LogP contribution in [-0.2, 0) is 27.4 Å². The molecule has 2 aromatic carbocycles. The van der Waals surface area contributed by atoms with Gasteiger partial charge >= 0.3 is 5.97 Å². The Morgan fingerprint density at radius 1 is 0.957 bits per heavy atom. The van der Waals surface area contributed by atoms with E-state index in [4.69, 9.17) is 10.5 Å². The summed E-state index contributed by atoms with van der Waals surface area (Å²) in [5.74, 6) is -0.861. The number of hydrogen-bond donors (Lipinski definition) is 2. The first-order chi connectivity index (χ1) is 11.1. The number of nitrogens with one attached hydrogen (secondary N) is 1. The normalized spacial score (nSPS) is 11.5. The van der Waals surface area contributed by atoms with Crippen LogP contribution in [-0.4, -0.2) is 24.5 Å². The minimum absolute atomic E-state index is 0.186. The van der Waals surface area contributed by atoms with Crippen LogP contribution in [0.3, 0.4) is 0 Å². The lowest BCUT2D eigenvalue weighted by Gasteiger charge is -2.12. The van der Waals surface area contributed by atoms with E-state index in [1.54, 1.807) is 0 Å². The van der Waals surface area contributed by atoms with Crippen molar-refractivity contribution in [3.63, 3.8) is 0 Å². The average Bonchev–Trinajstić information content (AvgIpc) is 2.59. The van der Waals surface area contributed by atoms with Gasteiger partial charge in [-0.25, -0.2) is 0 Å². The van der Waals surface area contributed by atoms with Gasteiger partial charge in [-0.1, -0.05) is 60.7 Å². The maximum absolute atomic E-state index is 11.9. The molecule has 3 N–H and O–H groups in total. The van der Waals surface area contributed by atoms with Crippen molar-refractivity contribution in [2.24, 2.45) is 5.73 Å². The van der Waals surface area contributed by atoms with E-state index in [2.05, 4.69) is 5.32 Å². The molecule has 0 spiro atoms. The second-order valence-electron chi connectivity index (χ2n) is 5.16. The summed E-state index contributed by atoms with van der Waals surface area (Å²) in [6.45, 7) is -0.000229. The van der Waals surface area contributed by atoms with Crippen LogP contribution in [0.2, 0.25) is 0 Å². The summed E-state index contributed by atoms with van der Waals surface area (Å²) in [7, 11) is 0. The Labute approximate surface area is 135 Å². The fourth-order valence-corrected chi connectivity index (χ4v) is 2.04. The predicted octanol–water partition coefficient (Wildman–Crippen LogP) is 1.42. The van der Waals surface area contributed by atoms with Crippen molar-refractivity contribution in [3.05, 3.63) is 71.8 Å². The topological polar surface area (TPSA) is 81.4 Å². The fourth-order valence-electron chi connectivity index (χ4n) is 2.04. The highest BCUT2D eigenvalue weighted by Gasteiger charge is 2.15. The number of esters is 1. The van der Waals surface area contributed by atoms with Crippen LogP contribution in [0.15, 0.2) is 60.7 Å². The van der Waals surface area contributed by atoms with Crippen molar-refractivity contribution < 1.29 is 14.3 Å². The number of rotatable bonds is 7. The summed E-state index contributed by atoms with van der Waals surface area (Å²) < 4.78 is 5.08. The van der Waals surface area contributed by atoms with Crippen LogP contribution < -0.4 is 11.1 Å². The lowest BCUT2D eigenvalue weighted by Crippen LogP contribution is -2.44. The van der Waals surface area contributed by atoms with E-state index in [9.17, 15) is 9.59 Å². The lowest BCUT2D eigenvalue weighted by molar-refractivity contribution is -0.145. The Bertz CT molecular complexity index is 629. The fraction of sp³-hybridized carbons (Fsp3) is 0.222. The summed E-state index contributed by atoms with van der Waals surface area (Å²) in [5.41, 5.74) is 7.71. The van der Waals surface area contributed by atoms with Crippen LogP contribution in [0.5, 0.6) is 0 Å². The Morgan fingerprint density at radius 2 is 1.52 bits per heavy atom. The van der Waals surface area contributed by atoms with E-state index in [-0.39, 0.29) is 19.1 Å². The highest BCUT2D eigenvalue weighted by molar-refractivity contribution is 5.85. The van der Waals surface area contributed by atoms with E-state index in [1.165, 1.54) is 0 Å². The zero-order valence-corrected chi connectivity index (χ0v) is 12.8. The van der Waals surface area contributed by atoms with Crippen molar-refractivity contribution in [1.29, 1.82) is 0 Å². The van der Waals surface area contributed by atoms with Crippen molar-refractivity contribution in [2.75, 3.05) is 6.54 Å². The predicted molar refractivity (Wildman–Crippen MR) is 87.4 cm³/mol. The molecule has 0 unspecified atom stereocenters. The number of carbonyl (C=O) groups excluding carboxylic acids is 2. The van der Waals surface area contributed by atoms with E-state index in [1.807, 2.05) is 60.7 Å². The molecular formula is C18H20N2O3. The maximum atomic E-state index is 11.9. The molecule has 0 saturated carbocycles. The molecule has 2 aromatic rings. The van der Waals surface area contributed by atoms with E-state index >= 15 is 0 Å².